The average molecular weight is 240 g/mol. The molecule has 0 amide bonds. The lowest BCUT2D eigenvalue weighted by Crippen LogP contribution is -1.92. The van der Waals surface area contributed by atoms with Crippen LogP contribution in [0.3, 0.4) is 0 Å². The van der Waals surface area contributed by atoms with E-state index in [0.717, 1.165) is 0 Å². The normalized spacial score (nSPS) is 12.3. The Morgan fingerprint density at radius 2 is 1.15 bits per heavy atom. The summed E-state index contributed by atoms with van der Waals surface area (Å²) < 4.78 is 22.2. The minimum atomic E-state index is -5.05. The monoisotopic (exact) mass is 240 g/mol. The Morgan fingerprint density at radius 3 is 1.15 bits per heavy atom. The van der Waals surface area contributed by atoms with E-state index in [0.29, 0.717) is 0 Å². The topological polar surface area (TPSA) is 165 Å². The summed E-state index contributed by atoms with van der Waals surface area (Å²) in [6, 6.07) is 0. The average Bonchev–Trinajstić information content (AvgIpc) is 1.47. The molecule has 6 N–H and O–H groups in total. The van der Waals surface area contributed by atoms with Crippen LogP contribution in [0.4, 0.5) is 0 Å². The summed E-state index contributed by atoms with van der Waals surface area (Å²) in [6.07, 6.45) is -1.17. The highest BCUT2D eigenvalue weighted by Crippen LogP contribution is 2.53. The van der Waals surface area contributed by atoms with Gasteiger partial charge in [-0.15, -0.1) is 0 Å². The van der Waals surface area contributed by atoms with Crippen molar-refractivity contribution in [2.45, 2.75) is 13.2 Å². The van der Waals surface area contributed by atoms with Gasteiger partial charge in [0.1, 0.15) is 6.29 Å². The smallest absolute Gasteiger partial charge is 0.368 e. The summed E-state index contributed by atoms with van der Waals surface area (Å²) >= 11 is 0. The molecule has 0 aromatic heterocycles. The van der Waals surface area contributed by atoms with Crippen LogP contribution < -0.4 is 0 Å². The van der Waals surface area contributed by atoms with Crippen molar-refractivity contribution in [1.29, 1.82) is 0 Å². The van der Waals surface area contributed by atoms with Gasteiger partial charge < -0.3 is 29.8 Å². The molecule has 0 aromatic carbocycles. The minimum Gasteiger partial charge on any atom is -0.368 e. The zero-order chi connectivity index (χ0) is 11.3. The van der Waals surface area contributed by atoms with Crippen molar-refractivity contribution >= 4 is 15.6 Å². The van der Waals surface area contributed by atoms with E-state index in [1.165, 1.54) is 6.92 Å². The number of hydrogen-bond acceptors (Lipinski definition) is 5. The van der Waals surface area contributed by atoms with E-state index < -0.39 is 21.9 Å². The molecule has 0 aliphatic carbocycles. The van der Waals surface area contributed by atoms with Gasteiger partial charge in [0.2, 0.25) is 0 Å². The molecule has 0 aliphatic rings. The van der Waals surface area contributed by atoms with E-state index in [1.54, 1.807) is 0 Å². The maximum absolute atomic E-state index is 9.63. The highest BCUT2D eigenvalue weighted by Gasteiger charge is 2.27. The molecule has 0 spiro atoms. The Bertz CT molecular complexity index is 187. The number of phosphoric acid groups is 2. The fourth-order valence-electron chi connectivity index (χ4n) is 0.139. The molecule has 0 atom stereocenters. The maximum atomic E-state index is 9.63. The van der Waals surface area contributed by atoms with E-state index >= 15 is 0 Å². The molecule has 0 heterocycles. The van der Waals surface area contributed by atoms with Gasteiger partial charge in [-0.2, -0.15) is 4.31 Å². The van der Waals surface area contributed by atoms with Crippen LogP contribution in [0.25, 0.3) is 0 Å². The lowest BCUT2D eigenvalue weighted by molar-refractivity contribution is -0.0228. The van der Waals surface area contributed by atoms with Gasteiger partial charge in [-0.05, 0) is 6.92 Å². The number of aliphatic hydroxyl groups is 2. The second-order valence-corrected chi connectivity index (χ2v) is 4.31. The van der Waals surface area contributed by atoms with Crippen LogP contribution in [0, 0.1) is 0 Å². The molecule has 13 heavy (non-hydrogen) atoms. The van der Waals surface area contributed by atoms with E-state index in [-0.39, 0.29) is 0 Å². The molecular formula is C2H10O9P2. The highest BCUT2D eigenvalue weighted by molar-refractivity contribution is 7.60. The molecule has 0 saturated heterocycles. The lowest BCUT2D eigenvalue weighted by Gasteiger charge is -2.03. The molecular weight excluding hydrogens is 230 g/mol. The molecule has 0 radical (unpaired) electrons. The molecule has 82 valence electrons. The first-order valence-corrected chi connectivity index (χ1v) is 5.68. The Balaban J connectivity index is 0. The first-order chi connectivity index (χ1) is 5.44. The van der Waals surface area contributed by atoms with Crippen LogP contribution in [0.5, 0.6) is 0 Å². The van der Waals surface area contributed by atoms with Crippen molar-refractivity contribution in [3.05, 3.63) is 0 Å². The Morgan fingerprint density at radius 1 is 1.00 bits per heavy atom. The van der Waals surface area contributed by atoms with E-state index in [4.69, 9.17) is 29.8 Å². The molecule has 0 unspecified atom stereocenters. The molecule has 0 saturated carbocycles. The third kappa shape index (κ3) is 33.0. The quantitative estimate of drug-likeness (QED) is 0.249. The summed E-state index contributed by atoms with van der Waals surface area (Å²) in [5.74, 6) is 0. The molecule has 11 heteroatoms. The van der Waals surface area contributed by atoms with Crippen molar-refractivity contribution in [1.82, 2.24) is 0 Å². The summed E-state index contributed by atoms with van der Waals surface area (Å²) in [5.41, 5.74) is 0. The third-order valence-electron chi connectivity index (χ3n) is 0.213. The van der Waals surface area contributed by atoms with Crippen molar-refractivity contribution in [3.63, 3.8) is 0 Å². The van der Waals surface area contributed by atoms with Gasteiger partial charge >= 0.3 is 15.6 Å². The first kappa shape index (κ1) is 15.6. The molecule has 9 nitrogen and oxygen atoms in total. The maximum Gasteiger partial charge on any atom is 0.478 e. The molecule has 0 bridgehead atoms. The fraction of sp³-hybridized carbons (Fsp3) is 1.00. The standard InChI is InChI=1S/C2H6O2.H4O7P2/c1-2(3)4;1-8(2,3)7-9(4,5)6/h2-4H,1H3;(H2,1,2,3)(H2,4,5,6). The fourth-order valence-corrected chi connectivity index (χ4v) is 1.25. The van der Waals surface area contributed by atoms with Crippen LogP contribution in [-0.2, 0) is 13.4 Å². The summed E-state index contributed by atoms with van der Waals surface area (Å²) in [6.45, 7) is 1.28. The second kappa shape index (κ2) is 5.82. The van der Waals surface area contributed by atoms with Crippen LogP contribution in [0.15, 0.2) is 0 Å². The third-order valence-corrected chi connectivity index (χ3v) is 1.91. The number of hydrogen-bond donors (Lipinski definition) is 6. The van der Waals surface area contributed by atoms with Gasteiger partial charge in [-0.3, -0.25) is 0 Å². The predicted octanol–water partition coefficient (Wildman–Crippen LogP) is -1.49. The van der Waals surface area contributed by atoms with Crippen LogP contribution in [-0.4, -0.2) is 36.1 Å². The van der Waals surface area contributed by atoms with E-state index in [2.05, 4.69) is 4.31 Å². The Labute approximate surface area is 73.1 Å². The number of rotatable bonds is 2. The SMILES string of the molecule is CC(O)O.O=P(O)(O)OP(=O)(O)O. The van der Waals surface area contributed by atoms with Gasteiger partial charge in [0.15, 0.2) is 0 Å². The minimum absolute atomic E-state index is 1.17. The van der Waals surface area contributed by atoms with Crippen LogP contribution >= 0.6 is 15.6 Å². The van der Waals surface area contributed by atoms with Crippen molar-refractivity contribution < 1.29 is 43.2 Å². The van der Waals surface area contributed by atoms with Crippen molar-refractivity contribution in [2.24, 2.45) is 0 Å². The number of aliphatic hydroxyl groups excluding tert-OH is 1. The highest BCUT2D eigenvalue weighted by atomic mass is 31.3. The van der Waals surface area contributed by atoms with Gasteiger partial charge in [0.05, 0.1) is 0 Å². The largest absolute Gasteiger partial charge is 0.478 e. The molecule has 0 rings (SSSR count). The summed E-state index contributed by atoms with van der Waals surface area (Å²) in [7, 11) is -10.1. The summed E-state index contributed by atoms with van der Waals surface area (Å²) in [5, 5.41) is 15.2. The summed E-state index contributed by atoms with van der Waals surface area (Å²) in [4.78, 5) is 31.0. The zero-order valence-corrected chi connectivity index (χ0v) is 8.17. The van der Waals surface area contributed by atoms with Gasteiger partial charge in [0, 0.05) is 0 Å². The zero-order valence-electron chi connectivity index (χ0n) is 6.38. The van der Waals surface area contributed by atoms with E-state index in [9.17, 15) is 9.13 Å². The van der Waals surface area contributed by atoms with Gasteiger partial charge in [0.25, 0.3) is 0 Å². The second-order valence-electron chi connectivity index (χ2n) is 1.69. The van der Waals surface area contributed by atoms with Crippen LogP contribution in [0.1, 0.15) is 6.92 Å². The molecule has 0 fully saturated rings. The van der Waals surface area contributed by atoms with E-state index in [1.807, 2.05) is 0 Å². The lowest BCUT2D eigenvalue weighted by atomic mass is 10.8. The molecule has 0 aromatic rings. The van der Waals surface area contributed by atoms with Crippen molar-refractivity contribution in [3.8, 4) is 0 Å². The Kier molecular flexibility index (Phi) is 7.00. The van der Waals surface area contributed by atoms with Gasteiger partial charge in [-0.25, -0.2) is 9.13 Å². The molecule has 0 aliphatic heterocycles. The van der Waals surface area contributed by atoms with Gasteiger partial charge in [-0.1, -0.05) is 0 Å². The Hall–Kier alpha value is 0.180. The van der Waals surface area contributed by atoms with Crippen LogP contribution in [0.2, 0.25) is 0 Å². The predicted molar refractivity (Wildman–Crippen MR) is 39.1 cm³/mol. The van der Waals surface area contributed by atoms with Crippen molar-refractivity contribution in [2.75, 3.05) is 0 Å². The first-order valence-electron chi connectivity index (χ1n) is 2.62.